The highest BCUT2D eigenvalue weighted by atomic mass is 79.9. The Balaban J connectivity index is 1.78. The number of para-hydroxylation sites is 1. The standard InChI is InChI=1S/C17H14BrCl2N3O2/c18-16-12(20)5-6-14-15(16)17(25)23(9-22-14)8-10(24)7-21-13-4-2-1-3-11(13)19/h1-6,9-10,21,24H,7-8H2. The molecule has 1 aromatic heterocycles. The van der Waals surface area contributed by atoms with Crippen molar-refractivity contribution in [3.8, 4) is 0 Å². The van der Waals surface area contributed by atoms with Gasteiger partial charge in [-0.2, -0.15) is 0 Å². The molecule has 0 saturated heterocycles. The fourth-order valence-electron chi connectivity index (χ4n) is 2.43. The zero-order valence-corrected chi connectivity index (χ0v) is 16.0. The number of anilines is 1. The van der Waals surface area contributed by atoms with Crippen LogP contribution in [-0.2, 0) is 6.54 Å². The summed E-state index contributed by atoms with van der Waals surface area (Å²) in [5.41, 5.74) is 0.999. The maximum Gasteiger partial charge on any atom is 0.262 e. The van der Waals surface area contributed by atoms with Gasteiger partial charge in [-0.3, -0.25) is 9.36 Å². The number of halogens is 3. The molecule has 1 heterocycles. The molecular weight excluding hydrogens is 429 g/mol. The fraction of sp³-hybridized carbons (Fsp3) is 0.176. The van der Waals surface area contributed by atoms with E-state index in [0.29, 0.717) is 25.4 Å². The van der Waals surface area contributed by atoms with E-state index in [0.717, 1.165) is 5.69 Å². The first kappa shape index (κ1) is 18.2. The zero-order chi connectivity index (χ0) is 18.0. The first-order valence-corrected chi connectivity index (χ1v) is 9.02. The largest absolute Gasteiger partial charge is 0.389 e. The number of nitrogens with one attached hydrogen (secondary N) is 1. The molecule has 130 valence electrons. The Kier molecular flexibility index (Phi) is 5.64. The van der Waals surface area contributed by atoms with Gasteiger partial charge in [0.1, 0.15) is 0 Å². The first-order chi connectivity index (χ1) is 12.0. The van der Waals surface area contributed by atoms with Crippen LogP contribution in [0.1, 0.15) is 0 Å². The lowest BCUT2D eigenvalue weighted by Gasteiger charge is -2.15. The molecule has 0 spiro atoms. The van der Waals surface area contributed by atoms with Gasteiger partial charge in [-0.05, 0) is 40.2 Å². The Morgan fingerprint density at radius 2 is 1.96 bits per heavy atom. The van der Waals surface area contributed by atoms with Crippen molar-refractivity contribution in [2.45, 2.75) is 12.6 Å². The Hall–Kier alpha value is -1.60. The number of benzene rings is 2. The van der Waals surface area contributed by atoms with Crippen LogP contribution in [0.3, 0.4) is 0 Å². The van der Waals surface area contributed by atoms with E-state index < -0.39 is 6.10 Å². The van der Waals surface area contributed by atoms with Crippen LogP contribution >= 0.6 is 39.1 Å². The van der Waals surface area contributed by atoms with Gasteiger partial charge in [-0.15, -0.1) is 0 Å². The normalized spacial score (nSPS) is 12.3. The molecule has 0 saturated carbocycles. The van der Waals surface area contributed by atoms with Crippen molar-refractivity contribution in [1.29, 1.82) is 0 Å². The van der Waals surface area contributed by atoms with Gasteiger partial charge in [-0.25, -0.2) is 4.98 Å². The van der Waals surface area contributed by atoms with Crippen LogP contribution in [0.4, 0.5) is 5.69 Å². The van der Waals surface area contributed by atoms with E-state index in [2.05, 4.69) is 26.2 Å². The van der Waals surface area contributed by atoms with E-state index in [4.69, 9.17) is 23.2 Å². The molecule has 2 aromatic carbocycles. The van der Waals surface area contributed by atoms with Gasteiger partial charge in [-0.1, -0.05) is 35.3 Å². The summed E-state index contributed by atoms with van der Waals surface area (Å²) in [4.78, 5) is 16.9. The van der Waals surface area contributed by atoms with Crippen molar-refractivity contribution >= 4 is 55.7 Å². The number of nitrogens with zero attached hydrogens (tertiary/aromatic N) is 2. The predicted molar refractivity (Wildman–Crippen MR) is 105 cm³/mol. The highest BCUT2D eigenvalue weighted by Gasteiger charge is 2.13. The van der Waals surface area contributed by atoms with Gasteiger partial charge in [0.05, 0.1) is 50.1 Å². The highest BCUT2D eigenvalue weighted by Crippen LogP contribution is 2.27. The average molecular weight is 443 g/mol. The summed E-state index contributed by atoms with van der Waals surface area (Å²) < 4.78 is 1.87. The molecule has 0 fully saturated rings. The molecule has 3 rings (SSSR count). The van der Waals surface area contributed by atoms with E-state index in [1.54, 1.807) is 18.2 Å². The SMILES string of the molecule is O=c1c2c(Br)c(Cl)ccc2ncn1CC(O)CNc1ccccc1Cl. The van der Waals surface area contributed by atoms with Gasteiger partial charge in [0.25, 0.3) is 5.56 Å². The van der Waals surface area contributed by atoms with Gasteiger partial charge in [0.2, 0.25) is 0 Å². The number of fused-ring (bicyclic) bond motifs is 1. The lowest BCUT2D eigenvalue weighted by atomic mass is 10.2. The lowest BCUT2D eigenvalue weighted by molar-refractivity contribution is 0.165. The third kappa shape index (κ3) is 3.98. The zero-order valence-electron chi connectivity index (χ0n) is 12.9. The molecule has 3 aromatic rings. The average Bonchev–Trinajstić information content (AvgIpc) is 2.59. The summed E-state index contributed by atoms with van der Waals surface area (Å²) >= 11 is 15.4. The molecule has 25 heavy (non-hydrogen) atoms. The van der Waals surface area contributed by atoms with Crippen molar-refractivity contribution < 1.29 is 5.11 Å². The Morgan fingerprint density at radius 3 is 2.72 bits per heavy atom. The van der Waals surface area contributed by atoms with E-state index in [9.17, 15) is 9.90 Å². The predicted octanol–water partition coefficient (Wildman–Crippen LogP) is 3.94. The molecule has 0 amide bonds. The van der Waals surface area contributed by atoms with Crippen LogP contribution in [0, 0.1) is 0 Å². The summed E-state index contributed by atoms with van der Waals surface area (Å²) in [5, 5.41) is 14.7. The molecule has 0 aliphatic rings. The van der Waals surface area contributed by atoms with E-state index in [1.807, 2.05) is 18.2 Å². The number of hydrogen-bond donors (Lipinski definition) is 2. The fourth-order valence-corrected chi connectivity index (χ4v) is 3.30. The van der Waals surface area contributed by atoms with Crippen molar-refractivity contribution in [3.05, 3.63) is 67.6 Å². The highest BCUT2D eigenvalue weighted by molar-refractivity contribution is 9.10. The Bertz CT molecular complexity index is 978. The van der Waals surface area contributed by atoms with Crippen molar-refractivity contribution in [2.24, 2.45) is 0 Å². The second kappa shape index (κ2) is 7.74. The van der Waals surface area contributed by atoms with Crippen LogP contribution < -0.4 is 10.9 Å². The van der Waals surface area contributed by atoms with Gasteiger partial charge >= 0.3 is 0 Å². The minimum atomic E-state index is -0.800. The number of rotatable bonds is 5. The van der Waals surface area contributed by atoms with Crippen LogP contribution in [0.25, 0.3) is 10.9 Å². The molecule has 0 aliphatic carbocycles. The van der Waals surface area contributed by atoms with Crippen LogP contribution in [-0.4, -0.2) is 27.3 Å². The van der Waals surface area contributed by atoms with Gasteiger partial charge in [0, 0.05) is 6.54 Å². The summed E-state index contributed by atoms with van der Waals surface area (Å²) in [6.45, 7) is 0.336. The van der Waals surface area contributed by atoms with Crippen LogP contribution in [0.5, 0.6) is 0 Å². The topological polar surface area (TPSA) is 67.2 Å². The molecule has 0 aliphatic heterocycles. The number of aromatic nitrogens is 2. The van der Waals surface area contributed by atoms with Crippen LogP contribution in [0.2, 0.25) is 10.0 Å². The third-order valence-electron chi connectivity index (χ3n) is 3.69. The van der Waals surface area contributed by atoms with E-state index >= 15 is 0 Å². The van der Waals surface area contributed by atoms with Crippen molar-refractivity contribution in [2.75, 3.05) is 11.9 Å². The van der Waals surface area contributed by atoms with Crippen molar-refractivity contribution in [3.63, 3.8) is 0 Å². The smallest absolute Gasteiger partial charge is 0.262 e. The summed E-state index contributed by atoms with van der Waals surface area (Å²) in [7, 11) is 0. The molecule has 1 unspecified atom stereocenters. The molecular formula is C17H14BrCl2N3O2. The van der Waals surface area contributed by atoms with Crippen molar-refractivity contribution in [1.82, 2.24) is 9.55 Å². The maximum atomic E-state index is 12.6. The molecule has 0 radical (unpaired) electrons. The summed E-state index contributed by atoms with van der Waals surface area (Å²) in [6, 6.07) is 10.6. The second-order valence-corrected chi connectivity index (χ2v) is 7.08. The van der Waals surface area contributed by atoms with E-state index in [1.165, 1.54) is 10.9 Å². The van der Waals surface area contributed by atoms with Gasteiger partial charge in [0.15, 0.2) is 0 Å². The number of aliphatic hydroxyl groups excluding tert-OH is 1. The molecule has 2 N–H and O–H groups in total. The molecule has 5 nitrogen and oxygen atoms in total. The number of aliphatic hydroxyl groups is 1. The Morgan fingerprint density at radius 1 is 1.20 bits per heavy atom. The minimum Gasteiger partial charge on any atom is -0.389 e. The molecule has 0 bridgehead atoms. The lowest BCUT2D eigenvalue weighted by Crippen LogP contribution is -2.31. The monoisotopic (exact) mass is 441 g/mol. The first-order valence-electron chi connectivity index (χ1n) is 7.47. The second-order valence-electron chi connectivity index (χ2n) is 5.47. The maximum absolute atomic E-state index is 12.6. The quantitative estimate of drug-likeness (QED) is 0.627. The molecule has 8 heteroatoms. The van der Waals surface area contributed by atoms with E-state index in [-0.39, 0.29) is 18.6 Å². The Labute approximate surface area is 162 Å². The van der Waals surface area contributed by atoms with Gasteiger partial charge < -0.3 is 10.4 Å². The number of hydrogen-bond acceptors (Lipinski definition) is 4. The van der Waals surface area contributed by atoms with Crippen LogP contribution in [0.15, 0.2) is 52.0 Å². The molecule has 1 atom stereocenters. The summed E-state index contributed by atoms with van der Waals surface area (Å²) in [6.07, 6.45) is 0.621. The third-order valence-corrected chi connectivity index (χ3v) is 5.39. The minimum absolute atomic E-state index is 0.0954. The summed E-state index contributed by atoms with van der Waals surface area (Å²) in [5.74, 6) is 0.